The van der Waals surface area contributed by atoms with Gasteiger partial charge >= 0.3 is 11.4 Å². The number of rotatable bonds is 7. The number of nitrogens with zero attached hydrogens (tertiary/aromatic N) is 4. The molecule has 2 aromatic carbocycles. The third-order valence-corrected chi connectivity index (χ3v) is 5.93. The van der Waals surface area contributed by atoms with Crippen LogP contribution in [0.1, 0.15) is 11.1 Å². The lowest BCUT2D eigenvalue weighted by atomic mass is 10.2. The number of pyridine rings is 2. The standard InChI is InChI=1S/C26H19F3N6O4/c1-39-18-4-2-17(3-5-18)31-24-33-25(37)35(13-16-10-15-6-7-30-11-21(15)32-23(16)36)26(38)34(24)12-14-8-19(27)22(29)20(28)9-14/h2-11H,12-13H2,1H3,(H,32,36)(H,31,33,37). The van der Waals surface area contributed by atoms with Crippen LogP contribution in [0.2, 0.25) is 0 Å². The molecule has 198 valence electrons. The second-order valence-electron chi connectivity index (χ2n) is 8.49. The van der Waals surface area contributed by atoms with Crippen molar-refractivity contribution in [1.29, 1.82) is 0 Å². The van der Waals surface area contributed by atoms with E-state index in [9.17, 15) is 27.6 Å². The summed E-state index contributed by atoms with van der Waals surface area (Å²) >= 11 is 0. The molecule has 0 atom stereocenters. The first-order chi connectivity index (χ1) is 18.7. The smallest absolute Gasteiger partial charge is 0.355 e. The van der Waals surface area contributed by atoms with Crippen LogP contribution >= 0.6 is 0 Å². The lowest BCUT2D eigenvalue weighted by Gasteiger charge is -2.16. The zero-order chi connectivity index (χ0) is 27.7. The van der Waals surface area contributed by atoms with Crippen LogP contribution in [0, 0.1) is 17.5 Å². The molecule has 3 aromatic heterocycles. The Balaban J connectivity index is 1.62. The number of hydrogen-bond acceptors (Lipinski definition) is 7. The molecule has 0 fully saturated rings. The van der Waals surface area contributed by atoms with Gasteiger partial charge in [-0.05, 0) is 54.1 Å². The summed E-state index contributed by atoms with van der Waals surface area (Å²) in [6.07, 6.45) is 2.98. The van der Waals surface area contributed by atoms with Gasteiger partial charge in [0.1, 0.15) is 5.75 Å². The number of anilines is 2. The quantitative estimate of drug-likeness (QED) is 0.307. The van der Waals surface area contributed by atoms with Crippen molar-refractivity contribution in [2.24, 2.45) is 0 Å². The van der Waals surface area contributed by atoms with Crippen molar-refractivity contribution in [2.45, 2.75) is 13.1 Å². The molecule has 0 saturated carbocycles. The number of hydrogen-bond donors (Lipinski definition) is 2. The predicted molar refractivity (Wildman–Crippen MR) is 136 cm³/mol. The highest BCUT2D eigenvalue weighted by Crippen LogP contribution is 2.19. The Bertz CT molecular complexity index is 1860. The average molecular weight is 536 g/mol. The molecule has 0 aliphatic rings. The first kappa shape index (κ1) is 25.4. The van der Waals surface area contributed by atoms with E-state index in [2.05, 4.69) is 20.3 Å². The summed E-state index contributed by atoms with van der Waals surface area (Å²) in [5.74, 6) is -4.23. The number of H-pyrrole nitrogens is 1. The van der Waals surface area contributed by atoms with Gasteiger partial charge in [-0.1, -0.05) is 0 Å². The highest BCUT2D eigenvalue weighted by molar-refractivity contribution is 5.77. The van der Waals surface area contributed by atoms with E-state index >= 15 is 0 Å². The Labute approximate surface area is 217 Å². The van der Waals surface area contributed by atoms with Gasteiger partial charge < -0.3 is 15.0 Å². The minimum absolute atomic E-state index is 0.0935. The van der Waals surface area contributed by atoms with Gasteiger partial charge in [0.25, 0.3) is 5.56 Å². The first-order valence-electron chi connectivity index (χ1n) is 11.5. The molecule has 0 saturated heterocycles. The van der Waals surface area contributed by atoms with Gasteiger partial charge in [-0.25, -0.2) is 27.3 Å². The van der Waals surface area contributed by atoms with Crippen LogP contribution in [-0.2, 0) is 13.1 Å². The van der Waals surface area contributed by atoms with E-state index in [-0.39, 0.29) is 17.1 Å². The van der Waals surface area contributed by atoms with Crippen molar-refractivity contribution in [1.82, 2.24) is 24.1 Å². The Morgan fingerprint density at radius 3 is 2.36 bits per heavy atom. The summed E-state index contributed by atoms with van der Waals surface area (Å²) in [5, 5.41) is 3.46. The van der Waals surface area contributed by atoms with Gasteiger partial charge in [0.05, 0.1) is 31.9 Å². The van der Waals surface area contributed by atoms with Crippen LogP contribution in [0.4, 0.5) is 24.8 Å². The fraction of sp³-hybridized carbons (Fsp3) is 0.115. The molecule has 3 heterocycles. The largest absolute Gasteiger partial charge is 0.497 e. The molecule has 13 heteroatoms. The van der Waals surface area contributed by atoms with E-state index in [1.165, 1.54) is 25.6 Å². The minimum atomic E-state index is -1.66. The topological polar surface area (TPSA) is 124 Å². The maximum absolute atomic E-state index is 13.9. The summed E-state index contributed by atoms with van der Waals surface area (Å²) in [7, 11) is 1.49. The van der Waals surface area contributed by atoms with Gasteiger partial charge in [-0.2, -0.15) is 4.98 Å². The number of ether oxygens (including phenoxy) is 1. The lowest BCUT2D eigenvalue weighted by molar-refractivity contribution is 0.415. The second-order valence-corrected chi connectivity index (χ2v) is 8.49. The SMILES string of the molecule is COc1ccc(Nc2nc(=O)n(Cc3cc4ccncc4[nH]c3=O)c(=O)n2Cc2cc(F)c(F)c(F)c2)cc1. The molecular formula is C26H19F3N6O4. The number of fused-ring (bicyclic) bond motifs is 1. The van der Waals surface area contributed by atoms with E-state index in [0.29, 0.717) is 26.9 Å². The highest BCUT2D eigenvalue weighted by atomic mass is 19.2. The maximum Gasteiger partial charge on any atom is 0.355 e. The Morgan fingerprint density at radius 1 is 0.949 bits per heavy atom. The molecule has 0 unspecified atom stereocenters. The molecule has 2 N–H and O–H groups in total. The van der Waals surface area contributed by atoms with Crippen molar-refractivity contribution in [3.63, 3.8) is 0 Å². The predicted octanol–water partition coefficient (Wildman–Crippen LogP) is 2.91. The normalized spacial score (nSPS) is 11.1. The maximum atomic E-state index is 13.9. The minimum Gasteiger partial charge on any atom is -0.497 e. The van der Waals surface area contributed by atoms with E-state index in [1.54, 1.807) is 30.3 Å². The van der Waals surface area contributed by atoms with Crippen LogP contribution in [0.15, 0.2) is 75.3 Å². The third-order valence-electron chi connectivity index (χ3n) is 5.93. The molecule has 10 nitrogen and oxygen atoms in total. The van der Waals surface area contributed by atoms with Crippen molar-refractivity contribution in [2.75, 3.05) is 12.4 Å². The Kier molecular flexibility index (Phi) is 6.71. The number of halogens is 3. The molecule has 0 bridgehead atoms. The zero-order valence-electron chi connectivity index (χ0n) is 20.2. The molecule has 0 radical (unpaired) electrons. The number of methoxy groups -OCH3 is 1. The Morgan fingerprint density at radius 2 is 1.67 bits per heavy atom. The van der Waals surface area contributed by atoms with Crippen molar-refractivity contribution in [3.8, 4) is 5.75 Å². The van der Waals surface area contributed by atoms with Crippen molar-refractivity contribution in [3.05, 3.63) is 121 Å². The first-order valence-corrected chi connectivity index (χ1v) is 11.5. The van der Waals surface area contributed by atoms with E-state index in [4.69, 9.17) is 4.74 Å². The summed E-state index contributed by atoms with van der Waals surface area (Å²) in [6.45, 7) is -0.911. The molecule has 0 spiro atoms. The lowest BCUT2D eigenvalue weighted by Crippen LogP contribution is -2.43. The average Bonchev–Trinajstić information content (AvgIpc) is 2.92. The van der Waals surface area contributed by atoms with E-state index < -0.39 is 47.5 Å². The van der Waals surface area contributed by atoms with E-state index in [0.717, 1.165) is 16.7 Å². The number of aromatic nitrogens is 5. The van der Waals surface area contributed by atoms with Gasteiger partial charge in [0.2, 0.25) is 5.95 Å². The van der Waals surface area contributed by atoms with Gasteiger partial charge in [-0.15, -0.1) is 0 Å². The molecule has 5 rings (SSSR count). The second kappa shape index (κ2) is 10.3. The van der Waals surface area contributed by atoms with Crippen LogP contribution in [-0.4, -0.2) is 31.2 Å². The summed E-state index contributed by atoms with van der Waals surface area (Å²) in [6, 6.07) is 11.1. The highest BCUT2D eigenvalue weighted by Gasteiger charge is 2.18. The van der Waals surface area contributed by atoms with Crippen LogP contribution < -0.4 is 27.0 Å². The molecule has 39 heavy (non-hydrogen) atoms. The van der Waals surface area contributed by atoms with Gasteiger partial charge in [-0.3, -0.25) is 14.3 Å². The molecule has 0 aliphatic heterocycles. The summed E-state index contributed by atoms with van der Waals surface area (Å²) in [5.41, 5.74) is -1.57. The van der Waals surface area contributed by atoms with Crippen LogP contribution in [0.3, 0.4) is 0 Å². The summed E-state index contributed by atoms with van der Waals surface area (Å²) < 4.78 is 48.2. The van der Waals surface area contributed by atoms with Crippen LogP contribution in [0.25, 0.3) is 10.9 Å². The van der Waals surface area contributed by atoms with Crippen molar-refractivity contribution >= 4 is 22.5 Å². The monoisotopic (exact) mass is 536 g/mol. The zero-order valence-corrected chi connectivity index (χ0v) is 20.2. The third kappa shape index (κ3) is 5.14. The van der Waals surface area contributed by atoms with Crippen molar-refractivity contribution < 1.29 is 17.9 Å². The molecule has 0 amide bonds. The van der Waals surface area contributed by atoms with E-state index in [1.807, 2.05) is 0 Å². The number of nitrogens with one attached hydrogen (secondary N) is 2. The van der Waals surface area contributed by atoms with Crippen LogP contribution in [0.5, 0.6) is 5.75 Å². The molecule has 5 aromatic rings. The molecular weight excluding hydrogens is 517 g/mol. The summed E-state index contributed by atoms with van der Waals surface area (Å²) in [4.78, 5) is 49.7. The Hall–Kier alpha value is -5.20. The van der Waals surface area contributed by atoms with Gasteiger partial charge in [0.15, 0.2) is 17.5 Å². The van der Waals surface area contributed by atoms with Gasteiger partial charge in [0, 0.05) is 22.8 Å². The fourth-order valence-electron chi connectivity index (χ4n) is 3.97. The number of benzene rings is 2. The number of aromatic amines is 1. The molecule has 0 aliphatic carbocycles. The fourth-order valence-corrected chi connectivity index (χ4v) is 3.97.